The van der Waals surface area contributed by atoms with Gasteiger partial charge in [-0.2, -0.15) is 0 Å². The number of aliphatic hydroxyl groups excluding tert-OH is 3. The Bertz CT molecular complexity index is 357. The number of hydrogen-bond donors (Lipinski definition) is 3. The molecule has 0 aromatic carbocycles. The minimum Gasteiger partial charge on any atom is -0.394 e. The van der Waals surface area contributed by atoms with E-state index in [1.807, 2.05) is 13.8 Å². The summed E-state index contributed by atoms with van der Waals surface area (Å²) in [4.78, 5) is 0. The average Bonchev–Trinajstić information content (AvgIpc) is 2.53. The molecule has 0 spiro atoms. The maximum Gasteiger partial charge on any atom is 0.194 e. The van der Waals surface area contributed by atoms with Gasteiger partial charge in [0.15, 0.2) is 14.3 Å². The molecule has 1 heterocycles. The van der Waals surface area contributed by atoms with Crippen LogP contribution < -0.4 is 0 Å². The van der Waals surface area contributed by atoms with Crippen molar-refractivity contribution in [3.05, 3.63) is 0 Å². The first-order valence-electron chi connectivity index (χ1n) is 8.29. The van der Waals surface area contributed by atoms with Gasteiger partial charge in [0.25, 0.3) is 0 Å². The molecule has 6 unspecified atom stereocenters. The molecule has 0 amide bonds. The summed E-state index contributed by atoms with van der Waals surface area (Å²) < 4.78 is 27.8. The largest absolute Gasteiger partial charge is 0.394 e. The molecule has 0 aliphatic carbocycles. The molecule has 0 aromatic heterocycles. The molecule has 0 bridgehead atoms. The minimum atomic E-state index is -1.92. The van der Waals surface area contributed by atoms with Gasteiger partial charge in [-0.05, 0) is 19.3 Å². The summed E-state index contributed by atoms with van der Waals surface area (Å²) in [5.74, 6) is -0.368. The molecule has 0 aromatic rings. The number of hydrogen-bond acceptors (Lipinski definition) is 7. The summed E-state index contributed by atoms with van der Waals surface area (Å²) in [6, 6.07) is 0. The Morgan fingerprint density at radius 2 is 1.75 bits per heavy atom. The van der Waals surface area contributed by atoms with E-state index in [1.165, 1.54) is 0 Å². The zero-order valence-electron chi connectivity index (χ0n) is 14.8. The van der Waals surface area contributed by atoms with Crippen molar-refractivity contribution in [1.29, 1.82) is 0 Å². The smallest absolute Gasteiger partial charge is 0.194 e. The fraction of sp³-hybridized carbons (Fsp3) is 1.00. The van der Waals surface area contributed by atoms with Gasteiger partial charge in [-0.1, -0.05) is 20.8 Å². The van der Waals surface area contributed by atoms with Gasteiger partial charge in [0.2, 0.25) is 0 Å². The first-order chi connectivity index (χ1) is 10.9. The van der Waals surface area contributed by atoms with Gasteiger partial charge >= 0.3 is 0 Å². The first kappa shape index (κ1) is 25.1. The van der Waals surface area contributed by atoms with Crippen LogP contribution in [0.2, 0.25) is 0 Å². The van der Waals surface area contributed by atoms with Gasteiger partial charge < -0.3 is 29.3 Å². The van der Waals surface area contributed by atoms with E-state index >= 15 is 0 Å². The van der Waals surface area contributed by atoms with Crippen molar-refractivity contribution < 1.29 is 66.6 Å². The van der Waals surface area contributed by atoms with Crippen LogP contribution in [-0.4, -0.2) is 65.4 Å². The summed E-state index contributed by atoms with van der Waals surface area (Å²) in [5.41, 5.74) is 0.0783. The minimum absolute atomic E-state index is 0. The predicted molar refractivity (Wildman–Crippen MR) is 86.8 cm³/mol. The topological polar surface area (TPSA) is 105 Å². The molecule has 1 fully saturated rings. The number of ether oxygens (including phenoxy) is 2. The fourth-order valence-corrected chi connectivity index (χ4v) is 3.01. The van der Waals surface area contributed by atoms with Crippen LogP contribution in [0.1, 0.15) is 40.0 Å². The SMILES string of the molecule is CC1C(OCCCCCO[PH](=O)C(C)C)OC(CO)C(O)C1O.[Y]. The Kier molecular flexibility index (Phi) is 13.9. The molecular weight excluding hydrogens is 412 g/mol. The summed E-state index contributed by atoms with van der Waals surface area (Å²) in [7, 11) is -1.92. The third kappa shape index (κ3) is 8.19. The third-order valence-electron chi connectivity index (χ3n) is 3.97. The normalized spacial score (nSPS) is 31.7. The van der Waals surface area contributed by atoms with Gasteiger partial charge in [-0.25, -0.2) is 0 Å². The standard InChI is InChI=1S/C15H31O7P.Y/c1-10(2)23(19)21-8-6-4-5-7-20-15-11(3)13(17)14(18)12(9-16)22-15;/h10-18,23H,4-9H2,1-3H3;. The molecular formula is C15H31O7PY. The maximum atomic E-state index is 11.4. The van der Waals surface area contributed by atoms with Crippen LogP contribution in [0.3, 0.4) is 0 Å². The van der Waals surface area contributed by atoms with Crippen molar-refractivity contribution in [2.75, 3.05) is 19.8 Å². The van der Waals surface area contributed by atoms with E-state index in [9.17, 15) is 14.8 Å². The van der Waals surface area contributed by atoms with Crippen molar-refractivity contribution in [2.45, 2.75) is 70.3 Å². The van der Waals surface area contributed by atoms with Gasteiger partial charge in [0.1, 0.15) is 12.2 Å². The van der Waals surface area contributed by atoms with Crippen LogP contribution in [0.15, 0.2) is 0 Å². The average molecular weight is 443 g/mol. The van der Waals surface area contributed by atoms with Gasteiger partial charge in [0.05, 0.1) is 19.3 Å². The molecule has 1 radical (unpaired) electrons. The van der Waals surface area contributed by atoms with Crippen LogP contribution in [0, 0.1) is 5.92 Å². The van der Waals surface area contributed by atoms with E-state index in [1.54, 1.807) is 6.92 Å². The Morgan fingerprint density at radius 1 is 1.12 bits per heavy atom. The second-order valence-electron chi connectivity index (χ2n) is 6.32. The summed E-state index contributed by atoms with van der Waals surface area (Å²) >= 11 is 0. The molecule has 1 rings (SSSR count). The molecule has 1 aliphatic rings. The zero-order chi connectivity index (χ0) is 17.4. The fourth-order valence-electron chi connectivity index (χ4n) is 2.33. The Balaban J connectivity index is 0.00000529. The zero-order valence-corrected chi connectivity index (χ0v) is 18.6. The van der Waals surface area contributed by atoms with Gasteiger partial charge in [-0.3, -0.25) is 4.57 Å². The van der Waals surface area contributed by atoms with Crippen LogP contribution >= 0.6 is 8.03 Å². The second-order valence-corrected chi connectivity index (χ2v) is 8.40. The van der Waals surface area contributed by atoms with E-state index in [0.29, 0.717) is 13.2 Å². The maximum absolute atomic E-state index is 11.4. The van der Waals surface area contributed by atoms with E-state index in [0.717, 1.165) is 19.3 Å². The van der Waals surface area contributed by atoms with Crippen molar-refractivity contribution in [3.8, 4) is 0 Å². The predicted octanol–water partition coefficient (Wildman–Crippen LogP) is 1.15. The van der Waals surface area contributed by atoms with E-state index in [-0.39, 0.29) is 50.9 Å². The van der Waals surface area contributed by atoms with E-state index in [2.05, 4.69) is 0 Å². The van der Waals surface area contributed by atoms with Crippen molar-refractivity contribution in [3.63, 3.8) is 0 Å². The molecule has 1 aliphatic heterocycles. The molecule has 6 atom stereocenters. The summed E-state index contributed by atoms with van der Waals surface area (Å²) in [6.45, 7) is 6.08. The van der Waals surface area contributed by atoms with E-state index < -0.39 is 32.6 Å². The molecule has 0 saturated carbocycles. The van der Waals surface area contributed by atoms with Crippen molar-refractivity contribution in [2.24, 2.45) is 5.92 Å². The quantitative estimate of drug-likeness (QED) is 0.344. The number of aliphatic hydroxyl groups is 3. The molecule has 3 N–H and O–H groups in total. The molecule has 1 saturated heterocycles. The van der Waals surface area contributed by atoms with Gasteiger partial charge in [-0.15, -0.1) is 0 Å². The molecule has 9 heteroatoms. The first-order valence-corrected chi connectivity index (χ1v) is 9.68. The Hall–Kier alpha value is 1.09. The number of rotatable bonds is 10. The van der Waals surface area contributed by atoms with Crippen molar-refractivity contribution in [1.82, 2.24) is 0 Å². The van der Waals surface area contributed by atoms with Crippen LogP contribution in [0.4, 0.5) is 0 Å². The second kappa shape index (κ2) is 13.3. The van der Waals surface area contributed by atoms with E-state index in [4.69, 9.17) is 19.1 Å². The molecule has 24 heavy (non-hydrogen) atoms. The Morgan fingerprint density at radius 3 is 2.33 bits per heavy atom. The molecule has 141 valence electrons. The Labute approximate surface area is 170 Å². The van der Waals surface area contributed by atoms with Crippen molar-refractivity contribution >= 4 is 8.03 Å². The monoisotopic (exact) mass is 443 g/mol. The van der Waals surface area contributed by atoms with Crippen LogP contribution in [0.25, 0.3) is 0 Å². The number of unbranched alkanes of at least 4 members (excludes halogenated alkanes) is 2. The third-order valence-corrected chi connectivity index (χ3v) is 5.41. The van der Waals surface area contributed by atoms with Crippen LogP contribution in [-0.2, 0) is 51.3 Å². The summed E-state index contributed by atoms with van der Waals surface area (Å²) in [5, 5.41) is 28.8. The van der Waals surface area contributed by atoms with Crippen LogP contribution in [0.5, 0.6) is 0 Å². The van der Waals surface area contributed by atoms with Gasteiger partial charge in [0, 0.05) is 50.9 Å². The molecule has 7 nitrogen and oxygen atoms in total. The summed E-state index contributed by atoms with van der Waals surface area (Å²) in [6.07, 6.45) is -1.06.